The molecule has 0 aromatic heterocycles. The van der Waals surface area contributed by atoms with E-state index in [1.807, 2.05) is 0 Å². The van der Waals surface area contributed by atoms with Gasteiger partial charge in [0, 0.05) is 6.61 Å². The number of benzene rings is 1. The van der Waals surface area contributed by atoms with E-state index in [0.29, 0.717) is 6.61 Å². The number of halogens is 2. The van der Waals surface area contributed by atoms with Crippen LogP contribution in [0.2, 0.25) is 0 Å². The van der Waals surface area contributed by atoms with Crippen molar-refractivity contribution in [2.45, 2.75) is 6.92 Å². The average molecular weight is 215 g/mol. The second-order valence-electron chi connectivity index (χ2n) is 2.78. The lowest BCUT2D eigenvalue weighted by atomic mass is 10.3. The number of ether oxygens (including phenoxy) is 1. The van der Waals surface area contributed by atoms with Gasteiger partial charge in [-0.2, -0.15) is 0 Å². The number of hydrogen-bond donors (Lipinski definition) is 1. The van der Waals surface area contributed by atoms with Gasteiger partial charge < -0.3 is 10.1 Å². The van der Waals surface area contributed by atoms with Crippen LogP contribution < -0.4 is 5.32 Å². The number of anilines is 1. The highest BCUT2D eigenvalue weighted by atomic mass is 19.1. The summed E-state index contributed by atoms with van der Waals surface area (Å²) < 4.78 is 30.9. The molecule has 15 heavy (non-hydrogen) atoms. The van der Waals surface area contributed by atoms with Crippen molar-refractivity contribution in [3.8, 4) is 0 Å². The minimum Gasteiger partial charge on any atom is -0.372 e. The molecular weight excluding hydrogens is 204 g/mol. The van der Waals surface area contributed by atoms with Crippen molar-refractivity contribution < 1.29 is 18.3 Å². The van der Waals surface area contributed by atoms with E-state index < -0.39 is 23.2 Å². The van der Waals surface area contributed by atoms with Crippen molar-refractivity contribution in [1.82, 2.24) is 0 Å². The number of para-hydroxylation sites is 1. The molecule has 1 aromatic carbocycles. The summed E-state index contributed by atoms with van der Waals surface area (Å²) in [5, 5.41) is 2.10. The Morgan fingerprint density at radius 2 is 2.00 bits per heavy atom. The van der Waals surface area contributed by atoms with E-state index in [1.54, 1.807) is 6.92 Å². The highest BCUT2D eigenvalue weighted by Crippen LogP contribution is 2.17. The third-order valence-electron chi connectivity index (χ3n) is 1.66. The molecule has 0 saturated carbocycles. The maximum Gasteiger partial charge on any atom is 0.250 e. The molecule has 0 aliphatic carbocycles. The van der Waals surface area contributed by atoms with Gasteiger partial charge in [0.1, 0.15) is 23.9 Å². The average Bonchev–Trinajstić information content (AvgIpc) is 2.21. The zero-order chi connectivity index (χ0) is 11.3. The zero-order valence-corrected chi connectivity index (χ0v) is 8.22. The molecule has 0 bridgehead atoms. The van der Waals surface area contributed by atoms with Gasteiger partial charge in [-0.15, -0.1) is 0 Å². The molecule has 3 nitrogen and oxygen atoms in total. The minimum absolute atomic E-state index is 0.218. The number of rotatable bonds is 4. The lowest BCUT2D eigenvalue weighted by molar-refractivity contribution is -0.120. The molecule has 0 heterocycles. The van der Waals surface area contributed by atoms with E-state index in [2.05, 4.69) is 5.32 Å². The van der Waals surface area contributed by atoms with Crippen LogP contribution >= 0.6 is 0 Å². The SMILES string of the molecule is CCOCC(=O)Nc1c(F)cccc1F. The van der Waals surface area contributed by atoms with Crippen LogP contribution in [-0.4, -0.2) is 19.1 Å². The molecule has 0 aliphatic heterocycles. The minimum atomic E-state index is -0.806. The first kappa shape index (κ1) is 11.6. The van der Waals surface area contributed by atoms with Gasteiger partial charge in [0.05, 0.1) is 0 Å². The lowest BCUT2D eigenvalue weighted by Crippen LogP contribution is -2.19. The van der Waals surface area contributed by atoms with Crippen LogP contribution in [0.3, 0.4) is 0 Å². The molecule has 82 valence electrons. The van der Waals surface area contributed by atoms with Crippen molar-refractivity contribution in [2.24, 2.45) is 0 Å². The van der Waals surface area contributed by atoms with Crippen LogP contribution in [0.4, 0.5) is 14.5 Å². The molecule has 1 amide bonds. The fraction of sp³-hybridized carbons (Fsp3) is 0.300. The lowest BCUT2D eigenvalue weighted by Gasteiger charge is -2.06. The maximum absolute atomic E-state index is 13.0. The third kappa shape index (κ3) is 3.28. The van der Waals surface area contributed by atoms with Crippen LogP contribution in [0.5, 0.6) is 0 Å². The summed E-state index contributed by atoms with van der Waals surface area (Å²) in [4.78, 5) is 11.1. The Bertz CT molecular complexity index is 335. The number of carbonyl (C=O) groups excluding carboxylic acids is 1. The van der Waals surface area contributed by atoms with Crippen molar-refractivity contribution >= 4 is 11.6 Å². The van der Waals surface area contributed by atoms with Crippen molar-refractivity contribution in [2.75, 3.05) is 18.5 Å². The van der Waals surface area contributed by atoms with E-state index in [1.165, 1.54) is 6.07 Å². The first-order valence-electron chi connectivity index (χ1n) is 4.46. The maximum atomic E-state index is 13.0. The molecule has 0 atom stereocenters. The molecule has 0 unspecified atom stereocenters. The Morgan fingerprint density at radius 1 is 1.40 bits per heavy atom. The molecule has 5 heteroatoms. The van der Waals surface area contributed by atoms with Gasteiger partial charge in [0.15, 0.2) is 0 Å². The topological polar surface area (TPSA) is 38.3 Å². The van der Waals surface area contributed by atoms with Crippen LogP contribution in [0.1, 0.15) is 6.92 Å². The van der Waals surface area contributed by atoms with E-state index >= 15 is 0 Å². The predicted molar refractivity (Wildman–Crippen MR) is 51.5 cm³/mol. The molecule has 0 fully saturated rings. The summed E-state index contributed by atoms with van der Waals surface area (Å²) in [5.41, 5.74) is -0.442. The largest absolute Gasteiger partial charge is 0.372 e. The Morgan fingerprint density at radius 3 is 2.53 bits per heavy atom. The van der Waals surface area contributed by atoms with Gasteiger partial charge >= 0.3 is 0 Å². The molecule has 1 rings (SSSR count). The molecule has 0 aliphatic rings. The molecule has 0 radical (unpaired) electrons. The monoisotopic (exact) mass is 215 g/mol. The summed E-state index contributed by atoms with van der Waals surface area (Å²) in [7, 11) is 0. The van der Waals surface area contributed by atoms with Gasteiger partial charge in [-0.3, -0.25) is 4.79 Å². The van der Waals surface area contributed by atoms with E-state index in [-0.39, 0.29) is 6.61 Å². The summed E-state index contributed by atoms with van der Waals surface area (Å²) in [6, 6.07) is 3.36. The molecule has 1 N–H and O–H groups in total. The van der Waals surface area contributed by atoms with Crippen LogP contribution in [0.15, 0.2) is 18.2 Å². The van der Waals surface area contributed by atoms with E-state index in [9.17, 15) is 13.6 Å². The second kappa shape index (κ2) is 5.41. The standard InChI is InChI=1S/C10H11F2NO2/c1-2-15-6-9(14)13-10-7(11)4-3-5-8(10)12/h3-5H,2,6H2,1H3,(H,13,14). The Hall–Kier alpha value is -1.49. The fourth-order valence-corrected chi connectivity index (χ4v) is 0.987. The molecule has 0 saturated heterocycles. The van der Waals surface area contributed by atoms with Gasteiger partial charge in [0.25, 0.3) is 5.91 Å². The number of nitrogens with one attached hydrogen (secondary N) is 1. The van der Waals surface area contributed by atoms with Crippen molar-refractivity contribution in [1.29, 1.82) is 0 Å². The summed E-state index contributed by atoms with van der Waals surface area (Å²) >= 11 is 0. The van der Waals surface area contributed by atoms with Crippen LogP contribution in [0.25, 0.3) is 0 Å². The smallest absolute Gasteiger partial charge is 0.250 e. The zero-order valence-electron chi connectivity index (χ0n) is 8.22. The van der Waals surface area contributed by atoms with Gasteiger partial charge in [-0.05, 0) is 19.1 Å². The predicted octanol–water partition coefficient (Wildman–Crippen LogP) is 1.94. The first-order chi connectivity index (χ1) is 7.15. The second-order valence-corrected chi connectivity index (χ2v) is 2.78. The number of hydrogen-bond acceptors (Lipinski definition) is 2. The number of amides is 1. The quantitative estimate of drug-likeness (QED) is 0.833. The highest BCUT2D eigenvalue weighted by Gasteiger charge is 2.11. The van der Waals surface area contributed by atoms with E-state index in [4.69, 9.17) is 4.74 Å². The summed E-state index contributed by atoms with van der Waals surface area (Å²) in [6.07, 6.45) is 0. The van der Waals surface area contributed by atoms with Crippen molar-refractivity contribution in [3.63, 3.8) is 0 Å². The Kier molecular flexibility index (Phi) is 4.17. The van der Waals surface area contributed by atoms with Crippen molar-refractivity contribution in [3.05, 3.63) is 29.8 Å². The van der Waals surface area contributed by atoms with E-state index in [0.717, 1.165) is 12.1 Å². The Labute approximate surface area is 86.0 Å². The Balaban J connectivity index is 2.68. The third-order valence-corrected chi connectivity index (χ3v) is 1.66. The fourth-order valence-electron chi connectivity index (χ4n) is 0.987. The van der Waals surface area contributed by atoms with Crippen LogP contribution in [0, 0.1) is 11.6 Å². The normalized spacial score (nSPS) is 10.1. The summed E-state index contributed by atoms with van der Waals surface area (Å²) in [5.74, 6) is -2.19. The molecule has 1 aromatic rings. The number of carbonyl (C=O) groups is 1. The first-order valence-corrected chi connectivity index (χ1v) is 4.46. The van der Waals surface area contributed by atoms with Gasteiger partial charge in [0.2, 0.25) is 0 Å². The molecule has 0 spiro atoms. The summed E-state index contributed by atoms with van der Waals surface area (Å²) in [6.45, 7) is 1.87. The molecular formula is C10H11F2NO2. The van der Waals surface area contributed by atoms with Gasteiger partial charge in [-0.1, -0.05) is 6.07 Å². The van der Waals surface area contributed by atoms with Crippen LogP contribution in [-0.2, 0) is 9.53 Å². The highest BCUT2D eigenvalue weighted by molar-refractivity contribution is 5.91. The van der Waals surface area contributed by atoms with Gasteiger partial charge in [-0.25, -0.2) is 8.78 Å².